The molecule has 1 heterocycles. The number of aliphatic carboxylic acids is 1. The number of pyridine rings is 1. The predicted octanol–water partition coefficient (Wildman–Crippen LogP) is 1.38. The minimum atomic E-state index is -0.938. The van der Waals surface area contributed by atoms with E-state index in [0.29, 0.717) is 5.69 Å². The average molecular weight is 265 g/mol. The summed E-state index contributed by atoms with van der Waals surface area (Å²) in [6.07, 6.45) is 1.31. The van der Waals surface area contributed by atoms with Crippen LogP contribution in [-0.4, -0.2) is 39.0 Å². The molecule has 0 unspecified atom stereocenters. The molecule has 1 aromatic rings. The van der Waals surface area contributed by atoms with Crippen molar-refractivity contribution in [1.29, 1.82) is 0 Å². The number of aromatic nitrogens is 1. The Morgan fingerprint density at radius 2 is 2.00 bits per heavy atom. The monoisotopic (exact) mass is 265 g/mol. The van der Waals surface area contributed by atoms with Crippen molar-refractivity contribution >= 4 is 17.6 Å². The maximum absolute atomic E-state index is 12.3. The third-order valence-corrected chi connectivity index (χ3v) is 2.61. The van der Waals surface area contributed by atoms with Crippen molar-refractivity contribution in [3.05, 3.63) is 24.0 Å². The van der Waals surface area contributed by atoms with Crippen LogP contribution in [0.25, 0.3) is 0 Å². The van der Waals surface area contributed by atoms with E-state index in [2.05, 4.69) is 4.98 Å². The molecule has 0 atom stereocenters. The lowest BCUT2D eigenvalue weighted by Gasteiger charge is -2.35. The van der Waals surface area contributed by atoms with Gasteiger partial charge in [-0.25, -0.2) is 4.98 Å². The Kier molecular flexibility index (Phi) is 4.47. The van der Waals surface area contributed by atoms with E-state index in [1.54, 1.807) is 6.07 Å². The molecule has 0 spiro atoms. The Morgan fingerprint density at radius 1 is 1.37 bits per heavy atom. The smallest absolute Gasteiger partial charge is 0.305 e. The summed E-state index contributed by atoms with van der Waals surface area (Å²) in [6.45, 7) is 5.70. The van der Waals surface area contributed by atoms with E-state index in [0.717, 1.165) is 0 Å². The van der Waals surface area contributed by atoms with Crippen molar-refractivity contribution in [2.75, 3.05) is 12.3 Å². The summed E-state index contributed by atoms with van der Waals surface area (Å²) in [5.74, 6) is -1.24. The standard InChI is InChI=1S/C13H19N3O3/c1-13(2,3)16(7-6-11(17)18)12(19)10-5-4-9(14)8-15-10/h4-5,8H,6-7,14H2,1-3H3,(H,17,18). The molecule has 1 rings (SSSR count). The number of anilines is 1. The van der Waals surface area contributed by atoms with Gasteiger partial charge in [0.05, 0.1) is 18.3 Å². The summed E-state index contributed by atoms with van der Waals surface area (Å²) in [4.78, 5) is 28.5. The van der Waals surface area contributed by atoms with Gasteiger partial charge in [0.15, 0.2) is 0 Å². The Hall–Kier alpha value is -2.11. The van der Waals surface area contributed by atoms with Crippen LogP contribution < -0.4 is 5.73 Å². The van der Waals surface area contributed by atoms with Gasteiger partial charge in [-0.05, 0) is 32.9 Å². The zero-order valence-corrected chi connectivity index (χ0v) is 11.4. The quantitative estimate of drug-likeness (QED) is 0.857. The summed E-state index contributed by atoms with van der Waals surface area (Å²) in [5, 5.41) is 8.75. The van der Waals surface area contributed by atoms with Gasteiger partial charge in [-0.15, -0.1) is 0 Å². The predicted molar refractivity (Wildman–Crippen MR) is 71.7 cm³/mol. The number of nitrogens with two attached hydrogens (primary N) is 1. The SMILES string of the molecule is CC(C)(C)N(CCC(=O)O)C(=O)c1ccc(N)cn1. The Bertz CT molecular complexity index is 463. The number of carbonyl (C=O) groups excluding carboxylic acids is 1. The molecule has 6 nitrogen and oxygen atoms in total. The van der Waals surface area contributed by atoms with E-state index in [4.69, 9.17) is 10.8 Å². The highest BCUT2D eigenvalue weighted by molar-refractivity contribution is 5.93. The zero-order valence-electron chi connectivity index (χ0n) is 11.4. The maximum atomic E-state index is 12.3. The molecule has 1 amide bonds. The third kappa shape index (κ3) is 4.24. The van der Waals surface area contributed by atoms with Crippen LogP contribution in [0.1, 0.15) is 37.7 Å². The van der Waals surface area contributed by atoms with E-state index in [9.17, 15) is 9.59 Å². The topological polar surface area (TPSA) is 96.5 Å². The molecule has 0 aliphatic heterocycles. The molecule has 0 saturated heterocycles. The second-order valence-corrected chi connectivity index (χ2v) is 5.25. The number of nitrogen functional groups attached to an aromatic ring is 1. The van der Waals surface area contributed by atoms with Gasteiger partial charge in [-0.2, -0.15) is 0 Å². The third-order valence-electron chi connectivity index (χ3n) is 2.61. The summed E-state index contributed by atoms with van der Waals surface area (Å²) in [5.41, 5.74) is 5.78. The highest BCUT2D eigenvalue weighted by Gasteiger charge is 2.28. The van der Waals surface area contributed by atoms with Crippen LogP contribution >= 0.6 is 0 Å². The number of carbonyl (C=O) groups is 2. The summed E-state index contributed by atoms with van der Waals surface area (Å²) >= 11 is 0. The number of carboxylic acids is 1. The number of amides is 1. The normalized spacial score (nSPS) is 11.1. The number of carboxylic acid groups (broad SMARTS) is 1. The van der Waals surface area contributed by atoms with Gasteiger partial charge in [0, 0.05) is 12.1 Å². The molecule has 0 aliphatic rings. The van der Waals surface area contributed by atoms with Gasteiger partial charge in [-0.1, -0.05) is 0 Å². The lowest BCUT2D eigenvalue weighted by Crippen LogP contribution is -2.46. The number of hydrogen-bond donors (Lipinski definition) is 2. The summed E-state index contributed by atoms with van der Waals surface area (Å²) in [6, 6.07) is 3.13. The fourth-order valence-electron chi connectivity index (χ4n) is 1.62. The van der Waals surface area contributed by atoms with E-state index < -0.39 is 11.5 Å². The fraction of sp³-hybridized carbons (Fsp3) is 0.462. The lowest BCUT2D eigenvalue weighted by molar-refractivity contribution is -0.137. The molecule has 0 saturated carbocycles. The van der Waals surface area contributed by atoms with Crippen molar-refractivity contribution in [3.8, 4) is 0 Å². The first-order valence-electron chi connectivity index (χ1n) is 5.97. The first-order valence-corrected chi connectivity index (χ1v) is 5.97. The van der Waals surface area contributed by atoms with Crippen LogP contribution in [0.3, 0.4) is 0 Å². The van der Waals surface area contributed by atoms with Crippen molar-refractivity contribution in [3.63, 3.8) is 0 Å². The second-order valence-electron chi connectivity index (χ2n) is 5.25. The summed E-state index contributed by atoms with van der Waals surface area (Å²) < 4.78 is 0. The molecule has 0 radical (unpaired) electrons. The molecule has 6 heteroatoms. The molecular weight excluding hydrogens is 246 g/mol. The zero-order chi connectivity index (χ0) is 14.6. The van der Waals surface area contributed by atoms with Gasteiger partial charge in [-0.3, -0.25) is 9.59 Å². The Balaban J connectivity index is 2.94. The van der Waals surface area contributed by atoms with Gasteiger partial charge < -0.3 is 15.7 Å². The number of hydrogen-bond acceptors (Lipinski definition) is 4. The highest BCUT2D eigenvalue weighted by atomic mass is 16.4. The molecule has 0 bridgehead atoms. The van der Waals surface area contributed by atoms with Gasteiger partial charge in [0.25, 0.3) is 5.91 Å². The van der Waals surface area contributed by atoms with Crippen molar-refractivity contribution in [2.45, 2.75) is 32.7 Å². The van der Waals surface area contributed by atoms with Gasteiger partial charge in [0.1, 0.15) is 5.69 Å². The van der Waals surface area contributed by atoms with Gasteiger partial charge >= 0.3 is 5.97 Å². The van der Waals surface area contributed by atoms with E-state index in [-0.39, 0.29) is 24.6 Å². The first kappa shape index (κ1) is 14.9. The van der Waals surface area contributed by atoms with Crippen LogP contribution in [0.5, 0.6) is 0 Å². The molecule has 1 aromatic heterocycles. The molecule has 0 aromatic carbocycles. The van der Waals surface area contributed by atoms with Crippen LogP contribution in [0.15, 0.2) is 18.3 Å². The molecule has 0 aliphatic carbocycles. The fourth-order valence-corrected chi connectivity index (χ4v) is 1.62. The molecule has 0 fully saturated rings. The second kappa shape index (κ2) is 5.69. The van der Waals surface area contributed by atoms with Crippen molar-refractivity contribution in [2.24, 2.45) is 0 Å². The maximum Gasteiger partial charge on any atom is 0.305 e. The first-order chi connectivity index (χ1) is 8.71. The number of nitrogens with zero attached hydrogens (tertiary/aromatic N) is 2. The van der Waals surface area contributed by atoms with E-state index in [1.165, 1.54) is 17.2 Å². The van der Waals surface area contributed by atoms with Crippen LogP contribution in [-0.2, 0) is 4.79 Å². The molecule has 104 valence electrons. The van der Waals surface area contributed by atoms with Crippen LogP contribution in [0.2, 0.25) is 0 Å². The van der Waals surface area contributed by atoms with Crippen LogP contribution in [0, 0.1) is 0 Å². The Morgan fingerprint density at radius 3 is 2.42 bits per heavy atom. The largest absolute Gasteiger partial charge is 0.481 e. The Labute approximate surface area is 112 Å². The molecule has 3 N–H and O–H groups in total. The molecular formula is C13H19N3O3. The van der Waals surface area contributed by atoms with Crippen molar-refractivity contribution < 1.29 is 14.7 Å². The van der Waals surface area contributed by atoms with E-state index >= 15 is 0 Å². The minimum Gasteiger partial charge on any atom is -0.481 e. The lowest BCUT2D eigenvalue weighted by atomic mass is 10.0. The molecule has 19 heavy (non-hydrogen) atoms. The number of rotatable bonds is 4. The highest BCUT2D eigenvalue weighted by Crippen LogP contribution is 2.17. The van der Waals surface area contributed by atoms with Gasteiger partial charge in [0.2, 0.25) is 0 Å². The summed E-state index contributed by atoms with van der Waals surface area (Å²) in [7, 11) is 0. The minimum absolute atomic E-state index is 0.0992. The van der Waals surface area contributed by atoms with Crippen molar-refractivity contribution in [1.82, 2.24) is 9.88 Å². The average Bonchev–Trinajstić information content (AvgIpc) is 2.27. The van der Waals surface area contributed by atoms with Crippen LogP contribution in [0.4, 0.5) is 5.69 Å². The van der Waals surface area contributed by atoms with E-state index in [1.807, 2.05) is 20.8 Å².